The second kappa shape index (κ2) is 3.43. The molecule has 0 amide bonds. The SMILES string of the molecule is N=Cc1ccc2nc(SS)[nH]c2c1. The maximum absolute atomic E-state index is 7.09. The predicted octanol–water partition coefficient (Wildman–Crippen LogP) is 2.50. The van der Waals surface area contributed by atoms with E-state index >= 15 is 0 Å². The number of nitrogens with zero attached hydrogens (tertiary/aromatic N) is 1. The van der Waals surface area contributed by atoms with E-state index in [0.717, 1.165) is 21.8 Å². The molecule has 3 nitrogen and oxygen atoms in total. The lowest BCUT2D eigenvalue weighted by atomic mass is 10.2. The van der Waals surface area contributed by atoms with Gasteiger partial charge < -0.3 is 10.4 Å². The van der Waals surface area contributed by atoms with Crippen molar-refractivity contribution in [3.8, 4) is 0 Å². The normalized spacial score (nSPS) is 10.5. The van der Waals surface area contributed by atoms with Crippen molar-refractivity contribution in [2.75, 3.05) is 0 Å². The average molecular weight is 209 g/mol. The molecule has 1 heterocycles. The molecular formula is C8H7N3S2. The molecule has 0 fully saturated rings. The summed E-state index contributed by atoms with van der Waals surface area (Å²) in [5.41, 5.74) is 2.71. The van der Waals surface area contributed by atoms with Gasteiger partial charge in [-0.1, -0.05) is 6.07 Å². The average Bonchev–Trinajstić information content (AvgIpc) is 2.58. The summed E-state index contributed by atoms with van der Waals surface area (Å²) in [4.78, 5) is 7.35. The third-order valence-corrected chi connectivity index (χ3v) is 2.62. The number of aromatic amines is 1. The Kier molecular flexibility index (Phi) is 2.28. The van der Waals surface area contributed by atoms with Crippen LogP contribution in [0.2, 0.25) is 0 Å². The van der Waals surface area contributed by atoms with Crippen molar-refractivity contribution >= 4 is 39.7 Å². The molecule has 0 aliphatic heterocycles. The molecule has 5 heteroatoms. The van der Waals surface area contributed by atoms with Crippen LogP contribution in [0.1, 0.15) is 5.56 Å². The van der Waals surface area contributed by atoms with Gasteiger partial charge in [0.15, 0.2) is 5.16 Å². The summed E-state index contributed by atoms with van der Waals surface area (Å²) in [5.74, 6) is 0. The molecule has 2 aromatic rings. The van der Waals surface area contributed by atoms with Gasteiger partial charge in [0.25, 0.3) is 0 Å². The number of thiol groups is 1. The Morgan fingerprint density at radius 2 is 2.38 bits per heavy atom. The van der Waals surface area contributed by atoms with E-state index in [-0.39, 0.29) is 0 Å². The molecule has 13 heavy (non-hydrogen) atoms. The third kappa shape index (κ3) is 1.57. The van der Waals surface area contributed by atoms with Crippen LogP contribution < -0.4 is 0 Å². The van der Waals surface area contributed by atoms with Crippen LogP contribution in [0, 0.1) is 5.41 Å². The number of fused-ring (bicyclic) bond motifs is 1. The topological polar surface area (TPSA) is 52.5 Å². The van der Waals surface area contributed by atoms with Crippen LogP contribution in [-0.2, 0) is 0 Å². The molecule has 0 unspecified atom stereocenters. The van der Waals surface area contributed by atoms with Gasteiger partial charge in [0.2, 0.25) is 0 Å². The van der Waals surface area contributed by atoms with E-state index in [2.05, 4.69) is 21.6 Å². The number of imidazole rings is 1. The lowest BCUT2D eigenvalue weighted by molar-refractivity contribution is 1.09. The minimum atomic E-state index is 0.778. The maximum atomic E-state index is 7.09. The number of nitrogens with one attached hydrogen (secondary N) is 2. The molecule has 0 spiro atoms. The fourth-order valence-electron chi connectivity index (χ4n) is 1.14. The highest BCUT2D eigenvalue weighted by Gasteiger charge is 2.01. The minimum Gasteiger partial charge on any atom is -0.332 e. The zero-order chi connectivity index (χ0) is 9.26. The highest BCUT2D eigenvalue weighted by Crippen LogP contribution is 2.21. The summed E-state index contributed by atoms with van der Waals surface area (Å²) >= 11 is 4.05. The van der Waals surface area contributed by atoms with E-state index in [4.69, 9.17) is 5.41 Å². The quantitative estimate of drug-likeness (QED) is 0.404. The Morgan fingerprint density at radius 3 is 3.08 bits per heavy atom. The summed E-state index contributed by atoms with van der Waals surface area (Å²) in [5, 5.41) is 7.87. The molecular weight excluding hydrogens is 202 g/mol. The van der Waals surface area contributed by atoms with Gasteiger partial charge in [0.05, 0.1) is 11.0 Å². The van der Waals surface area contributed by atoms with E-state index in [1.54, 1.807) is 0 Å². The molecule has 0 saturated heterocycles. The van der Waals surface area contributed by atoms with Crippen molar-refractivity contribution in [2.24, 2.45) is 0 Å². The summed E-state index contributed by atoms with van der Waals surface area (Å²) in [6, 6.07) is 5.64. The molecule has 0 atom stereocenters. The van der Waals surface area contributed by atoms with Crippen molar-refractivity contribution in [1.29, 1.82) is 5.41 Å². The Morgan fingerprint density at radius 1 is 1.54 bits per heavy atom. The first-order chi connectivity index (χ1) is 6.33. The van der Waals surface area contributed by atoms with Gasteiger partial charge in [-0.25, -0.2) is 4.98 Å². The van der Waals surface area contributed by atoms with E-state index < -0.39 is 0 Å². The largest absolute Gasteiger partial charge is 0.332 e. The second-order valence-electron chi connectivity index (χ2n) is 2.55. The van der Waals surface area contributed by atoms with Gasteiger partial charge in [-0.3, -0.25) is 0 Å². The van der Waals surface area contributed by atoms with Crippen molar-refractivity contribution in [2.45, 2.75) is 5.16 Å². The van der Waals surface area contributed by atoms with Crippen LogP contribution in [0.15, 0.2) is 23.4 Å². The summed E-state index contributed by atoms with van der Waals surface area (Å²) in [7, 11) is 1.28. The highest BCUT2D eigenvalue weighted by molar-refractivity contribution is 8.68. The van der Waals surface area contributed by atoms with Gasteiger partial charge in [0, 0.05) is 6.21 Å². The summed E-state index contributed by atoms with van der Waals surface area (Å²) in [6.07, 6.45) is 1.31. The van der Waals surface area contributed by atoms with Gasteiger partial charge >= 0.3 is 0 Å². The third-order valence-electron chi connectivity index (χ3n) is 1.74. The van der Waals surface area contributed by atoms with Crippen LogP contribution >= 0.6 is 22.5 Å². The van der Waals surface area contributed by atoms with Crippen molar-refractivity contribution in [3.63, 3.8) is 0 Å². The fraction of sp³-hybridized carbons (Fsp3) is 0. The fourth-order valence-corrected chi connectivity index (χ4v) is 1.69. The molecule has 66 valence electrons. The van der Waals surface area contributed by atoms with Crippen LogP contribution in [0.4, 0.5) is 0 Å². The van der Waals surface area contributed by atoms with Crippen LogP contribution in [0.5, 0.6) is 0 Å². The Balaban J connectivity index is 2.63. The van der Waals surface area contributed by atoms with Gasteiger partial charge in [-0.05, 0) is 28.5 Å². The zero-order valence-electron chi connectivity index (χ0n) is 6.61. The minimum absolute atomic E-state index is 0.778. The number of H-pyrrole nitrogens is 1. The monoisotopic (exact) mass is 209 g/mol. The van der Waals surface area contributed by atoms with Crippen molar-refractivity contribution in [1.82, 2.24) is 9.97 Å². The van der Waals surface area contributed by atoms with E-state index in [9.17, 15) is 0 Å². The Hall–Kier alpha value is -0.940. The smallest absolute Gasteiger partial charge is 0.176 e. The zero-order valence-corrected chi connectivity index (χ0v) is 8.32. The Labute approximate surface area is 84.3 Å². The molecule has 0 aliphatic carbocycles. The summed E-state index contributed by atoms with van der Waals surface area (Å²) in [6.45, 7) is 0. The first-order valence-electron chi connectivity index (χ1n) is 3.65. The molecule has 1 aromatic carbocycles. The first kappa shape index (κ1) is 8.65. The number of aromatic nitrogens is 2. The van der Waals surface area contributed by atoms with Crippen molar-refractivity contribution in [3.05, 3.63) is 23.8 Å². The van der Waals surface area contributed by atoms with Crippen LogP contribution in [0.3, 0.4) is 0 Å². The molecule has 0 aliphatic rings. The molecule has 2 N–H and O–H groups in total. The van der Waals surface area contributed by atoms with Crippen molar-refractivity contribution < 1.29 is 0 Å². The molecule has 2 rings (SSSR count). The summed E-state index contributed by atoms with van der Waals surface area (Å²) < 4.78 is 0. The van der Waals surface area contributed by atoms with Crippen LogP contribution in [-0.4, -0.2) is 16.2 Å². The van der Waals surface area contributed by atoms with E-state index in [0.29, 0.717) is 0 Å². The standard InChI is InChI=1S/C8H7N3S2/c9-4-5-1-2-6-7(3-5)11-8(10-6)13-12/h1-4,9,12H,(H,10,11). The number of benzene rings is 1. The Bertz CT molecular complexity index is 450. The predicted molar refractivity (Wildman–Crippen MR) is 58.8 cm³/mol. The maximum Gasteiger partial charge on any atom is 0.176 e. The molecule has 0 radical (unpaired) electrons. The highest BCUT2D eigenvalue weighted by atomic mass is 33.1. The van der Waals surface area contributed by atoms with Gasteiger partial charge in [-0.2, -0.15) is 0 Å². The number of hydrogen-bond acceptors (Lipinski definition) is 4. The first-order valence-corrected chi connectivity index (χ1v) is 5.52. The lowest BCUT2D eigenvalue weighted by Gasteiger charge is -1.89. The number of hydrogen-bond donors (Lipinski definition) is 3. The van der Waals surface area contributed by atoms with Crippen LogP contribution in [0.25, 0.3) is 11.0 Å². The van der Waals surface area contributed by atoms with E-state index in [1.165, 1.54) is 17.0 Å². The lowest BCUT2D eigenvalue weighted by Crippen LogP contribution is -1.77. The number of rotatable bonds is 2. The van der Waals surface area contributed by atoms with Gasteiger partial charge in [0.1, 0.15) is 0 Å². The van der Waals surface area contributed by atoms with Gasteiger partial charge in [-0.15, -0.1) is 11.7 Å². The molecule has 0 bridgehead atoms. The molecule has 0 saturated carbocycles. The molecule has 1 aromatic heterocycles. The second-order valence-corrected chi connectivity index (χ2v) is 3.67. The van der Waals surface area contributed by atoms with E-state index in [1.807, 2.05) is 18.2 Å².